The summed E-state index contributed by atoms with van der Waals surface area (Å²) in [6.07, 6.45) is 3.01. The van der Waals surface area contributed by atoms with Crippen molar-refractivity contribution in [1.29, 1.82) is 0 Å². The van der Waals surface area contributed by atoms with E-state index in [9.17, 15) is 23.2 Å². The highest BCUT2D eigenvalue weighted by molar-refractivity contribution is 5.78. The molecule has 7 nitrogen and oxygen atoms in total. The van der Waals surface area contributed by atoms with Gasteiger partial charge in [-0.3, -0.25) is 9.36 Å². The second-order valence-electron chi connectivity index (χ2n) is 5.64. The molecule has 2 aromatic rings. The fourth-order valence-corrected chi connectivity index (χ4v) is 3.05. The van der Waals surface area contributed by atoms with Gasteiger partial charge in [0.05, 0.1) is 10.9 Å². The quantitative estimate of drug-likeness (QED) is 0.899. The molecule has 0 unspecified atom stereocenters. The SMILES string of the molecule is O=C(O)COn1c(=O)c2cc(F)c(F)cc2n(C2CCCC2)c1=O. The van der Waals surface area contributed by atoms with Crippen LogP contribution in [-0.2, 0) is 4.79 Å². The molecule has 1 saturated carbocycles. The molecule has 0 atom stereocenters. The van der Waals surface area contributed by atoms with Gasteiger partial charge in [-0.2, -0.15) is 0 Å². The Morgan fingerprint density at radius 2 is 1.83 bits per heavy atom. The highest BCUT2D eigenvalue weighted by Gasteiger charge is 2.25. The number of carboxylic acids is 1. The fourth-order valence-electron chi connectivity index (χ4n) is 3.05. The Morgan fingerprint density at radius 3 is 2.46 bits per heavy atom. The van der Waals surface area contributed by atoms with Crippen LogP contribution < -0.4 is 16.1 Å². The number of hydrogen-bond donors (Lipinski definition) is 1. The van der Waals surface area contributed by atoms with Gasteiger partial charge in [0, 0.05) is 12.1 Å². The van der Waals surface area contributed by atoms with Crippen molar-refractivity contribution in [1.82, 2.24) is 9.30 Å². The number of nitrogens with zero attached hydrogens (tertiary/aromatic N) is 2. The minimum atomic E-state index is -1.38. The van der Waals surface area contributed by atoms with Gasteiger partial charge in [-0.1, -0.05) is 17.6 Å². The first-order valence-electron chi connectivity index (χ1n) is 7.41. The Morgan fingerprint density at radius 1 is 1.21 bits per heavy atom. The first kappa shape index (κ1) is 16.2. The maximum Gasteiger partial charge on any atom is 0.365 e. The average molecular weight is 340 g/mol. The standard InChI is InChI=1S/C15H14F2N2O5/c16-10-5-9-12(6-11(10)17)18(8-3-1-2-4-8)15(23)19(14(9)22)24-7-13(20)21/h5-6,8H,1-4,7H2,(H,20,21). The van der Waals surface area contributed by atoms with Gasteiger partial charge in [0.15, 0.2) is 11.6 Å². The minimum absolute atomic E-state index is 0.0222. The molecular weight excluding hydrogens is 326 g/mol. The second kappa shape index (κ2) is 6.06. The Hall–Kier alpha value is -2.71. The van der Waals surface area contributed by atoms with E-state index in [1.807, 2.05) is 0 Å². The zero-order chi connectivity index (χ0) is 17.4. The van der Waals surface area contributed by atoms with Crippen molar-refractivity contribution >= 4 is 16.9 Å². The summed E-state index contributed by atoms with van der Waals surface area (Å²) in [4.78, 5) is 40.3. The van der Waals surface area contributed by atoms with Crippen LogP contribution in [0.3, 0.4) is 0 Å². The van der Waals surface area contributed by atoms with E-state index in [0.717, 1.165) is 18.9 Å². The van der Waals surface area contributed by atoms with E-state index in [0.29, 0.717) is 23.6 Å². The Balaban J connectivity index is 2.32. The van der Waals surface area contributed by atoms with E-state index in [1.165, 1.54) is 4.57 Å². The van der Waals surface area contributed by atoms with Gasteiger partial charge in [0.2, 0.25) is 6.61 Å². The third-order valence-electron chi connectivity index (χ3n) is 4.10. The second-order valence-corrected chi connectivity index (χ2v) is 5.64. The molecule has 0 radical (unpaired) electrons. The van der Waals surface area contributed by atoms with Crippen LogP contribution in [0.15, 0.2) is 21.7 Å². The molecule has 1 aliphatic rings. The van der Waals surface area contributed by atoms with Gasteiger partial charge in [0.1, 0.15) is 0 Å². The topological polar surface area (TPSA) is 90.5 Å². The molecule has 128 valence electrons. The van der Waals surface area contributed by atoms with Gasteiger partial charge >= 0.3 is 11.7 Å². The zero-order valence-electron chi connectivity index (χ0n) is 12.5. The van der Waals surface area contributed by atoms with Crippen molar-refractivity contribution in [2.45, 2.75) is 31.7 Å². The summed E-state index contributed by atoms with van der Waals surface area (Å²) in [5, 5.41) is 8.43. The fraction of sp³-hybridized carbons (Fsp3) is 0.400. The summed E-state index contributed by atoms with van der Waals surface area (Å²) in [6, 6.07) is 1.22. The molecule has 0 aliphatic heterocycles. The van der Waals surface area contributed by atoms with Crippen LogP contribution in [-0.4, -0.2) is 27.0 Å². The van der Waals surface area contributed by atoms with E-state index in [1.54, 1.807) is 0 Å². The normalized spacial score (nSPS) is 15.1. The highest BCUT2D eigenvalue weighted by Crippen LogP contribution is 2.30. The molecule has 0 amide bonds. The molecule has 3 rings (SSSR count). The van der Waals surface area contributed by atoms with Crippen LogP contribution in [0.25, 0.3) is 10.9 Å². The molecule has 1 aromatic heterocycles. The van der Waals surface area contributed by atoms with E-state index in [4.69, 9.17) is 9.94 Å². The van der Waals surface area contributed by atoms with Crippen molar-refractivity contribution < 1.29 is 23.5 Å². The van der Waals surface area contributed by atoms with Gasteiger partial charge in [0.25, 0.3) is 5.56 Å². The van der Waals surface area contributed by atoms with Crippen LogP contribution >= 0.6 is 0 Å². The van der Waals surface area contributed by atoms with E-state index >= 15 is 0 Å². The molecule has 24 heavy (non-hydrogen) atoms. The molecule has 0 bridgehead atoms. The summed E-state index contributed by atoms with van der Waals surface area (Å²) in [7, 11) is 0. The minimum Gasteiger partial charge on any atom is -0.479 e. The Kier molecular flexibility index (Phi) is 4.08. The largest absolute Gasteiger partial charge is 0.479 e. The van der Waals surface area contributed by atoms with Crippen molar-refractivity contribution in [2.24, 2.45) is 0 Å². The van der Waals surface area contributed by atoms with Crippen LogP contribution in [0.1, 0.15) is 31.7 Å². The number of fused-ring (bicyclic) bond motifs is 1. The zero-order valence-corrected chi connectivity index (χ0v) is 12.5. The Labute approximate surface area is 133 Å². The highest BCUT2D eigenvalue weighted by atomic mass is 19.2. The molecule has 1 N–H and O–H groups in total. The van der Waals surface area contributed by atoms with Crippen molar-refractivity contribution in [2.75, 3.05) is 6.61 Å². The first-order valence-corrected chi connectivity index (χ1v) is 7.41. The number of hydrogen-bond acceptors (Lipinski definition) is 4. The maximum atomic E-state index is 13.6. The number of carboxylic acid groups (broad SMARTS) is 1. The molecular formula is C15H14F2N2O5. The van der Waals surface area contributed by atoms with Gasteiger partial charge < -0.3 is 9.94 Å². The van der Waals surface area contributed by atoms with E-state index < -0.39 is 35.5 Å². The van der Waals surface area contributed by atoms with Crippen LogP contribution in [0.4, 0.5) is 8.78 Å². The number of benzene rings is 1. The summed E-state index contributed by atoms with van der Waals surface area (Å²) in [6.45, 7) is -0.908. The van der Waals surface area contributed by atoms with E-state index in [-0.39, 0.29) is 16.9 Å². The lowest BCUT2D eigenvalue weighted by Crippen LogP contribution is -2.45. The lowest BCUT2D eigenvalue weighted by atomic mass is 10.2. The monoisotopic (exact) mass is 340 g/mol. The number of carbonyl (C=O) groups is 1. The van der Waals surface area contributed by atoms with Gasteiger partial charge in [-0.05, 0) is 18.9 Å². The predicted molar refractivity (Wildman–Crippen MR) is 79.0 cm³/mol. The number of aliphatic carboxylic acids is 1. The number of rotatable bonds is 4. The Bertz CT molecular complexity index is 928. The van der Waals surface area contributed by atoms with Gasteiger partial charge in [-0.15, -0.1) is 0 Å². The molecule has 1 heterocycles. The molecule has 9 heteroatoms. The van der Waals surface area contributed by atoms with Crippen LogP contribution in [0, 0.1) is 11.6 Å². The maximum absolute atomic E-state index is 13.6. The molecule has 1 aliphatic carbocycles. The summed E-state index contributed by atoms with van der Waals surface area (Å²) in [5.41, 5.74) is -1.94. The first-order chi connectivity index (χ1) is 11.4. The van der Waals surface area contributed by atoms with E-state index in [2.05, 4.69) is 0 Å². The smallest absolute Gasteiger partial charge is 0.365 e. The molecule has 0 spiro atoms. The molecule has 0 saturated heterocycles. The third kappa shape index (κ3) is 2.66. The summed E-state index contributed by atoms with van der Waals surface area (Å²) < 4.78 is 28.7. The number of aromatic nitrogens is 2. The summed E-state index contributed by atoms with van der Waals surface area (Å²) in [5.74, 6) is -3.78. The third-order valence-corrected chi connectivity index (χ3v) is 4.10. The lowest BCUT2D eigenvalue weighted by Gasteiger charge is -2.18. The van der Waals surface area contributed by atoms with Crippen molar-refractivity contribution in [3.8, 4) is 0 Å². The predicted octanol–water partition coefficient (Wildman–Crippen LogP) is 1.07. The molecule has 1 aromatic carbocycles. The van der Waals surface area contributed by atoms with Crippen molar-refractivity contribution in [3.05, 3.63) is 44.6 Å². The molecule has 1 fully saturated rings. The lowest BCUT2D eigenvalue weighted by molar-refractivity contribution is -0.142. The number of halogens is 2. The van der Waals surface area contributed by atoms with Crippen molar-refractivity contribution in [3.63, 3.8) is 0 Å². The van der Waals surface area contributed by atoms with Crippen LogP contribution in [0.5, 0.6) is 0 Å². The average Bonchev–Trinajstić information content (AvgIpc) is 3.03. The van der Waals surface area contributed by atoms with Gasteiger partial charge in [-0.25, -0.2) is 18.4 Å². The summed E-state index contributed by atoms with van der Waals surface area (Å²) >= 11 is 0. The van der Waals surface area contributed by atoms with Crippen LogP contribution in [0.2, 0.25) is 0 Å².